The number of amides is 2. The molecule has 0 radical (unpaired) electrons. The predicted octanol–water partition coefficient (Wildman–Crippen LogP) is 0.941. The van der Waals surface area contributed by atoms with E-state index in [1.807, 2.05) is 0 Å². The Kier molecular flexibility index (Phi) is 6.98. The van der Waals surface area contributed by atoms with Crippen molar-refractivity contribution >= 4 is 33.2 Å². The van der Waals surface area contributed by atoms with Gasteiger partial charge in [0.25, 0.3) is 0 Å². The molecule has 144 valence electrons. The standard InChI is InChI=1S/C17H26N4O4S/c1-3-20-8-10-21(11-9-20)17(23)7-12-26(24,25)19-16-6-4-5-15(13-16)18-14(2)22/h4-6,13,19H,3,7-12H2,1-2H3,(H,18,22). The van der Waals surface area contributed by atoms with E-state index in [0.29, 0.717) is 24.5 Å². The van der Waals surface area contributed by atoms with Crippen LogP contribution >= 0.6 is 0 Å². The van der Waals surface area contributed by atoms with Crippen LogP contribution in [0.3, 0.4) is 0 Å². The molecular formula is C17H26N4O4S. The monoisotopic (exact) mass is 382 g/mol. The summed E-state index contributed by atoms with van der Waals surface area (Å²) in [5, 5.41) is 2.59. The molecule has 0 aliphatic carbocycles. The van der Waals surface area contributed by atoms with E-state index in [4.69, 9.17) is 0 Å². The number of hydrogen-bond acceptors (Lipinski definition) is 5. The van der Waals surface area contributed by atoms with E-state index in [2.05, 4.69) is 21.9 Å². The van der Waals surface area contributed by atoms with Gasteiger partial charge >= 0.3 is 0 Å². The highest BCUT2D eigenvalue weighted by molar-refractivity contribution is 7.92. The van der Waals surface area contributed by atoms with Crippen LogP contribution in [0.25, 0.3) is 0 Å². The lowest BCUT2D eigenvalue weighted by Gasteiger charge is -2.34. The van der Waals surface area contributed by atoms with Crippen LogP contribution in [0.2, 0.25) is 0 Å². The Hall–Kier alpha value is -2.13. The predicted molar refractivity (Wildman–Crippen MR) is 101 cm³/mol. The summed E-state index contributed by atoms with van der Waals surface area (Å²) >= 11 is 0. The zero-order valence-corrected chi connectivity index (χ0v) is 16.0. The second-order valence-corrected chi connectivity index (χ2v) is 8.09. The lowest BCUT2D eigenvalue weighted by molar-refractivity contribution is -0.132. The Bertz CT molecular complexity index is 743. The van der Waals surface area contributed by atoms with Crippen LogP contribution < -0.4 is 10.0 Å². The molecule has 0 atom stereocenters. The van der Waals surface area contributed by atoms with Gasteiger partial charge in [0.15, 0.2) is 0 Å². The smallest absolute Gasteiger partial charge is 0.233 e. The van der Waals surface area contributed by atoms with Gasteiger partial charge < -0.3 is 15.1 Å². The summed E-state index contributed by atoms with van der Waals surface area (Å²) in [4.78, 5) is 27.3. The number of carbonyl (C=O) groups is 2. The molecule has 0 aromatic heterocycles. The first-order valence-electron chi connectivity index (χ1n) is 8.67. The number of nitrogens with one attached hydrogen (secondary N) is 2. The van der Waals surface area contributed by atoms with Gasteiger partial charge in [-0.3, -0.25) is 14.3 Å². The third-order valence-electron chi connectivity index (χ3n) is 4.21. The summed E-state index contributed by atoms with van der Waals surface area (Å²) < 4.78 is 26.9. The Labute approximate surface area is 154 Å². The van der Waals surface area contributed by atoms with Gasteiger partial charge in [0.05, 0.1) is 11.4 Å². The molecule has 8 nitrogen and oxygen atoms in total. The molecule has 0 bridgehead atoms. The Morgan fingerprint density at radius 2 is 1.77 bits per heavy atom. The van der Waals surface area contributed by atoms with Crippen LogP contribution in [-0.4, -0.2) is 68.5 Å². The highest BCUT2D eigenvalue weighted by Crippen LogP contribution is 2.17. The molecule has 1 aliphatic heterocycles. The SMILES string of the molecule is CCN1CCN(C(=O)CCS(=O)(=O)Nc2cccc(NC(C)=O)c2)CC1. The maximum Gasteiger partial charge on any atom is 0.233 e. The highest BCUT2D eigenvalue weighted by Gasteiger charge is 2.22. The Balaban J connectivity index is 1.87. The van der Waals surface area contributed by atoms with Gasteiger partial charge in [-0.1, -0.05) is 13.0 Å². The quantitative estimate of drug-likeness (QED) is 0.731. The van der Waals surface area contributed by atoms with Crippen molar-refractivity contribution in [1.82, 2.24) is 9.80 Å². The van der Waals surface area contributed by atoms with Crippen molar-refractivity contribution in [2.45, 2.75) is 20.3 Å². The van der Waals surface area contributed by atoms with Crippen molar-refractivity contribution in [1.29, 1.82) is 0 Å². The van der Waals surface area contributed by atoms with Gasteiger partial charge in [0.2, 0.25) is 21.8 Å². The van der Waals surface area contributed by atoms with Gasteiger partial charge in [-0.15, -0.1) is 0 Å². The first kappa shape index (κ1) is 20.2. The van der Waals surface area contributed by atoms with E-state index >= 15 is 0 Å². The van der Waals surface area contributed by atoms with Crippen molar-refractivity contribution < 1.29 is 18.0 Å². The maximum absolute atomic E-state index is 12.2. The van der Waals surface area contributed by atoms with E-state index in [-0.39, 0.29) is 24.0 Å². The summed E-state index contributed by atoms with van der Waals surface area (Å²) in [7, 11) is -3.65. The molecule has 1 aliphatic rings. The number of nitrogens with zero attached hydrogens (tertiary/aromatic N) is 2. The molecule has 2 amide bonds. The number of likely N-dealkylation sites (N-methyl/N-ethyl adjacent to an activating group) is 1. The van der Waals surface area contributed by atoms with E-state index in [9.17, 15) is 18.0 Å². The van der Waals surface area contributed by atoms with Crippen molar-refractivity contribution in [2.24, 2.45) is 0 Å². The number of piperazine rings is 1. The highest BCUT2D eigenvalue weighted by atomic mass is 32.2. The molecule has 1 heterocycles. The van der Waals surface area contributed by atoms with Gasteiger partial charge in [0, 0.05) is 45.2 Å². The zero-order valence-electron chi connectivity index (χ0n) is 15.2. The molecule has 1 aromatic rings. The molecule has 1 aromatic carbocycles. The number of rotatable bonds is 7. The van der Waals surface area contributed by atoms with Gasteiger partial charge in [-0.2, -0.15) is 0 Å². The first-order valence-corrected chi connectivity index (χ1v) is 10.3. The van der Waals surface area contributed by atoms with Crippen LogP contribution in [0.15, 0.2) is 24.3 Å². The minimum atomic E-state index is -3.65. The van der Waals surface area contributed by atoms with Crippen molar-refractivity contribution in [3.8, 4) is 0 Å². The summed E-state index contributed by atoms with van der Waals surface area (Å²) in [5.74, 6) is -0.651. The zero-order chi connectivity index (χ0) is 19.2. The lowest BCUT2D eigenvalue weighted by atomic mass is 10.3. The number of benzene rings is 1. The second kappa shape index (κ2) is 9.00. The molecular weight excluding hydrogens is 356 g/mol. The lowest BCUT2D eigenvalue weighted by Crippen LogP contribution is -2.48. The van der Waals surface area contributed by atoms with Gasteiger partial charge in [-0.25, -0.2) is 8.42 Å². The molecule has 0 spiro atoms. The molecule has 26 heavy (non-hydrogen) atoms. The number of anilines is 2. The van der Waals surface area contributed by atoms with Crippen LogP contribution in [-0.2, 0) is 19.6 Å². The van der Waals surface area contributed by atoms with Gasteiger partial charge in [-0.05, 0) is 24.7 Å². The number of hydrogen-bond donors (Lipinski definition) is 2. The minimum Gasteiger partial charge on any atom is -0.340 e. The van der Waals surface area contributed by atoms with E-state index in [1.54, 1.807) is 23.1 Å². The van der Waals surface area contributed by atoms with E-state index in [0.717, 1.165) is 19.6 Å². The van der Waals surface area contributed by atoms with Crippen LogP contribution in [0.1, 0.15) is 20.3 Å². The summed E-state index contributed by atoms with van der Waals surface area (Å²) in [5.41, 5.74) is 0.850. The van der Waals surface area contributed by atoms with Crippen LogP contribution in [0.5, 0.6) is 0 Å². The molecule has 1 saturated heterocycles. The maximum atomic E-state index is 12.2. The topological polar surface area (TPSA) is 98.8 Å². The normalized spacial score (nSPS) is 15.5. The van der Waals surface area contributed by atoms with Crippen molar-refractivity contribution in [2.75, 3.05) is 48.5 Å². The Morgan fingerprint density at radius 3 is 2.38 bits per heavy atom. The molecule has 0 unspecified atom stereocenters. The second-order valence-electron chi connectivity index (χ2n) is 6.25. The average molecular weight is 382 g/mol. The third kappa shape index (κ3) is 6.30. The average Bonchev–Trinajstić information content (AvgIpc) is 2.59. The minimum absolute atomic E-state index is 0.0488. The molecule has 0 saturated carbocycles. The third-order valence-corrected chi connectivity index (χ3v) is 5.50. The Morgan fingerprint density at radius 1 is 1.12 bits per heavy atom. The van der Waals surface area contributed by atoms with Crippen molar-refractivity contribution in [3.63, 3.8) is 0 Å². The molecule has 2 rings (SSSR count). The molecule has 1 fully saturated rings. The van der Waals surface area contributed by atoms with E-state index in [1.165, 1.54) is 13.0 Å². The molecule has 2 N–H and O–H groups in total. The fourth-order valence-corrected chi connectivity index (χ4v) is 3.82. The first-order chi connectivity index (χ1) is 12.3. The summed E-state index contributed by atoms with van der Waals surface area (Å²) in [6, 6.07) is 6.43. The molecule has 9 heteroatoms. The van der Waals surface area contributed by atoms with Crippen molar-refractivity contribution in [3.05, 3.63) is 24.3 Å². The van der Waals surface area contributed by atoms with Gasteiger partial charge in [0.1, 0.15) is 0 Å². The number of carbonyl (C=O) groups excluding carboxylic acids is 2. The largest absolute Gasteiger partial charge is 0.340 e. The van der Waals surface area contributed by atoms with E-state index < -0.39 is 10.0 Å². The summed E-state index contributed by atoms with van der Waals surface area (Å²) in [6.07, 6.45) is -0.0488. The van der Waals surface area contributed by atoms with Crippen LogP contribution in [0, 0.1) is 0 Å². The summed E-state index contributed by atoms with van der Waals surface area (Å²) in [6.45, 7) is 7.33. The fourth-order valence-electron chi connectivity index (χ4n) is 2.79. The number of sulfonamides is 1. The fraction of sp³-hybridized carbons (Fsp3) is 0.529. The van der Waals surface area contributed by atoms with Crippen LogP contribution in [0.4, 0.5) is 11.4 Å².